The smallest absolute Gasteiger partial charge is 0.0449 e. The lowest BCUT2D eigenvalue weighted by Gasteiger charge is -2.07. The predicted octanol–water partition coefficient (Wildman–Crippen LogP) is 10.9. The molecule has 0 bridgehead atoms. The molecule has 0 unspecified atom stereocenters. The van der Waals surface area contributed by atoms with Gasteiger partial charge in [0.15, 0.2) is 0 Å². The highest BCUT2D eigenvalue weighted by Crippen LogP contribution is 2.17. The van der Waals surface area contributed by atoms with Gasteiger partial charge in [-0.3, -0.25) is 0 Å². The summed E-state index contributed by atoms with van der Waals surface area (Å²) in [5.74, 6) is 0. The normalized spacial score (nSPS) is 11.3. The van der Waals surface area contributed by atoms with E-state index in [-0.39, 0.29) is 0 Å². The highest BCUT2D eigenvalue weighted by molar-refractivity contribution is 7.81. The van der Waals surface area contributed by atoms with E-state index in [9.17, 15) is 0 Å². The van der Waals surface area contributed by atoms with E-state index in [1.165, 1.54) is 114 Å². The van der Waals surface area contributed by atoms with Crippen molar-refractivity contribution in [1.82, 2.24) is 0 Å². The second-order valence-electron chi connectivity index (χ2n) is 9.82. The number of rotatable bonds is 20. The Balaban J connectivity index is 1.49. The Kier molecular flexibility index (Phi) is 16.4. The summed E-state index contributed by atoms with van der Waals surface area (Å²) in [6.45, 7) is 2.30. The van der Waals surface area contributed by atoms with Crippen LogP contribution in [-0.2, 0) is 6.42 Å². The summed E-state index contributed by atoms with van der Waals surface area (Å²) in [4.78, 5) is 0.901. The standard InChI is InChI=1S/C33H48S/c1-2-3-4-5-6-7-8-9-10-11-12-13-14-15-16-18-23-30-24-21-22-25-31(30)28-29-33(34)32-26-19-17-20-27-32/h17,19-22,24-29H,2-16,18,23H2,1H3. The highest BCUT2D eigenvalue weighted by Gasteiger charge is 2.01. The fourth-order valence-electron chi connectivity index (χ4n) is 4.65. The lowest BCUT2D eigenvalue weighted by Crippen LogP contribution is -1.93. The maximum absolute atomic E-state index is 5.59. The van der Waals surface area contributed by atoms with Gasteiger partial charge in [-0.15, -0.1) is 0 Å². The van der Waals surface area contributed by atoms with Gasteiger partial charge in [0.05, 0.1) is 0 Å². The van der Waals surface area contributed by atoms with E-state index < -0.39 is 0 Å². The van der Waals surface area contributed by atoms with Crippen LogP contribution in [0.4, 0.5) is 0 Å². The van der Waals surface area contributed by atoms with Crippen LogP contribution in [0.15, 0.2) is 60.7 Å². The average Bonchev–Trinajstić information content (AvgIpc) is 2.88. The van der Waals surface area contributed by atoms with Crippen molar-refractivity contribution in [2.75, 3.05) is 0 Å². The predicted molar refractivity (Wildman–Crippen MR) is 157 cm³/mol. The summed E-state index contributed by atoms with van der Waals surface area (Å²) in [6.07, 6.45) is 28.1. The van der Waals surface area contributed by atoms with E-state index in [1.807, 2.05) is 18.2 Å². The van der Waals surface area contributed by atoms with Crippen LogP contribution in [0.25, 0.3) is 6.08 Å². The zero-order valence-corrected chi connectivity index (χ0v) is 22.6. The molecule has 0 atom stereocenters. The molecule has 2 aromatic rings. The van der Waals surface area contributed by atoms with Crippen molar-refractivity contribution >= 4 is 23.2 Å². The van der Waals surface area contributed by atoms with Crippen LogP contribution in [0.1, 0.15) is 126 Å². The zero-order valence-electron chi connectivity index (χ0n) is 21.8. The van der Waals surface area contributed by atoms with Gasteiger partial charge in [0.2, 0.25) is 0 Å². The molecule has 0 spiro atoms. The molecule has 0 N–H and O–H groups in total. The molecule has 0 nitrogen and oxygen atoms in total. The van der Waals surface area contributed by atoms with E-state index in [0.717, 1.165) is 16.8 Å². The van der Waals surface area contributed by atoms with Crippen molar-refractivity contribution in [2.24, 2.45) is 0 Å². The molecular formula is C33H48S. The number of thiocarbonyl (C=S) groups is 1. The van der Waals surface area contributed by atoms with Crippen molar-refractivity contribution in [1.29, 1.82) is 0 Å². The van der Waals surface area contributed by atoms with Crippen LogP contribution in [0.2, 0.25) is 0 Å². The van der Waals surface area contributed by atoms with Crippen LogP contribution in [0, 0.1) is 0 Å². The van der Waals surface area contributed by atoms with Gasteiger partial charge in [0.1, 0.15) is 0 Å². The molecule has 0 aliphatic rings. The molecule has 1 heteroatoms. The van der Waals surface area contributed by atoms with Gasteiger partial charge < -0.3 is 0 Å². The van der Waals surface area contributed by atoms with Crippen molar-refractivity contribution in [2.45, 2.75) is 116 Å². The molecule has 0 aliphatic heterocycles. The van der Waals surface area contributed by atoms with E-state index in [1.54, 1.807) is 0 Å². The first kappa shape index (κ1) is 28.5. The first-order valence-electron chi connectivity index (χ1n) is 14.2. The molecule has 0 fully saturated rings. The lowest BCUT2D eigenvalue weighted by atomic mass is 9.99. The van der Waals surface area contributed by atoms with Crippen molar-refractivity contribution < 1.29 is 0 Å². The molecule has 2 aromatic carbocycles. The molecule has 0 heterocycles. The van der Waals surface area contributed by atoms with Crippen molar-refractivity contribution in [3.63, 3.8) is 0 Å². The van der Waals surface area contributed by atoms with Gasteiger partial charge in [-0.05, 0) is 35.6 Å². The first-order chi connectivity index (χ1) is 16.8. The quantitative estimate of drug-likeness (QED) is 0.0792. The van der Waals surface area contributed by atoms with Crippen LogP contribution < -0.4 is 0 Å². The van der Waals surface area contributed by atoms with Gasteiger partial charge in [-0.1, -0.05) is 176 Å². The summed E-state index contributed by atoms with van der Waals surface area (Å²) in [6, 6.07) is 19.0. The lowest BCUT2D eigenvalue weighted by molar-refractivity contribution is 0.529. The number of unbranched alkanes of at least 4 members (excludes halogenated alkanes) is 15. The molecule has 0 amide bonds. The van der Waals surface area contributed by atoms with Gasteiger partial charge >= 0.3 is 0 Å². The van der Waals surface area contributed by atoms with Gasteiger partial charge in [0.25, 0.3) is 0 Å². The van der Waals surface area contributed by atoms with E-state index in [0.29, 0.717) is 0 Å². The fourth-order valence-corrected chi connectivity index (χ4v) is 4.86. The Labute approximate surface area is 216 Å². The van der Waals surface area contributed by atoms with Crippen molar-refractivity contribution in [3.05, 3.63) is 77.4 Å². The molecule has 0 aliphatic carbocycles. The van der Waals surface area contributed by atoms with E-state index in [2.05, 4.69) is 55.5 Å². The second-order valence-corrected chi connectivity index (χ2v) is 10.3. The molecule has 0 saturated heterocycles. The minimum absolute atomic E-state index is 0.901. The number of allylic oxidation sites excluding steroid dienone is 1. The van der Waals surface area contributed by atoms with Gasteiger partial charge in [-0.2, -0.15) is 0 Å². The van der Waals surface area contributed by atoms with E-state index >= 15 is 0 Å². The molecular weight excluding hydrogens is 428 g/mol. The monoisotopic (exact) mass is 476 g/mol. The fraction of sp³-hybridized carbons (Fsp3) is 0.545. The largest absolute Gasteiger partial charge is 0.0795 e. The third-order valence-electron chi connectivity index (χ3n) is 6.83. The molecule has 0 saturated carbocycles. The second kappa shape index (κ2) is 19.6. The Morgan fingerprint density at radius 1 is 0.588 bits per heavy atom. The van der Waals surface area contributed by atoms with Crippen LogP contribution >= 0.6 is 12.2 Å². The Morgan fingerprint density at radius 2 is 1.06 bits per heavy atom. The maximum Gasteiger partial charge on any atom is 0.0449 e. The summed E-state index contributed by atoms with van der Waals surface area (Å²) >= 11 is 5.59. The number of benzene rings is 2. The van der Waals surface area contributed by atoms with Gasteiger partial charge in [0, 0.05) is 4.86 Å². The molecule has 34 heavy (non-hydrogen) atoms. The minimum Gasteiger partial charge on any atom is -0.0795 e. The third-order valence-corrected chi connectivity index (χ3v) is 7.20. The Morgan fingerprint density at radius 3 is 1.62 bits per heavy atom. The third kappa shape index (κ3) is 13.2. The summed E-state index contributed by atoms with van der Waals surface area (Å²) in [7, 11) is 0. The molecule has 186 valence electrons. The first-order valence-corrected chi connectivity index (χ1v) is 14.6. The summed E-state index contributed by atoms with van der Waals surface area (Å²) in [5.41, 5.74) is 3.87. The maximum atomic E-state index is 5.59. The SMILES string of the molecule is CCCCCCCCCCCCCCCCCCc1ccccc1C=CC(=S)c1ccccc1. The number of hydrogen-bond acceptors (Lipinski definition) is 1. The Hall–Kier alpha value is -1.73. The summed E-state index contributed by atoms with van der Waals surface area (Å²) in [5, 5.41) is 0. The summed E-state index contributed by atoms with van der Waals surface area (Å²) < 4.78 is 0. The molecule has 0 aromatic heterocycles. The number of hydrogen-bond donors (Lipinski definition) is 0. The Bertz CT molecular complexity index is 789. The zero-order chi connectivity index (χ0) is 24.1. The van der Waals surface area contributed by atoms with Crippen LogP contribution in [-0.4, -0.2) is 4.86 Å². The van der Waals surface area contributed by atoms with Gasteiger partial charge in [-0.25, -0.2) is 0 Å². The van der Waals surface area contributed by atoms with Crippen molar-refractivity contribution in [3.8, 4) is 0 Å². The molecule has 0 radical (unpaired) electrons. The number of aryl methyl sites for hydroxylation is 1. The minimum atomic E-state index is 0.901. The highest BCUT2D eigenvalue weighted by atomic mass is 32.1. The molecule has 2 rings (SSSR count). The van der Waals surface area contributed by atoms with Crippen LogP contribution in [0.3, 0.4) is 0 Å². The van der Waals surface area contributed by atoms with E-state index in [4.69, 9.17) is 12.2 Å². The average molecular weight is 477 g/mol. The van der Waals surface area contributed by atoms with Crippen LogP contribution in [0.5, 0.6) is 0 Å². The topological polar surface area (TPSA) is 0 Å².